The molecule has 1 aliphatic heterocycles. The Morgan fingerprint density at radius 2 is 1.46 bits per heavy atom. The Hall–Kier alpha value is -3.88. The molecule has 2 aromatic rings. The predicted molar refractivity (Wildman–Crippen MR) is 136 cm³/mol. The van der Waals surface area contributed by atoms with Crippen molar-refractivity contribution in [3.8, 4) is 17.2 Å². The number of urea groups is 1. The molecule has 0 radical (unpaired) electrons. The minimum absolute atomic E-state index is 0.0172. The first-order valence-electron chi connectivity index (χ1n) is 12.8. The number of carbonyl (C=O) groups is 4. The number of hydrogen-bond donors (Lipinski definition) is 3. The Labute approximate surface area is 216 Å². The standard InChI is InChI=1S/C28H33N3O6/c1-3-18(2)24(32)29-17-19-9-11-21(12-10-19)36-22-13-15-23(16-14-22)37-28(20-7-5-4-6-8-20)25(33)30-27(35)31-26(28)34/h9-16,18,20H,3-8,17H2,1-2H3,(H,29,32)(H2,30,31,33,34,35). The highest BCUT2D eigenvalue weighted by Gasteiger charge is 2.58. The molecule has 0 spiro atoms. The van der Waals surface area contributed by atoms with Gasteiger partial charge in [-0.3, -0.25) is 25.0 Å². The van der Waals surface area contributed by atoms with Gasteiger partial charge in [-0.2, -0.15) is 0 Å². The largest absolute Gasteiger partial charge is 0.467 e. The fourth-order valence-electron chi connectivity index (χ4n) is 4.70. The van der Waals surface area contributed by atoms with Crippen LogP contribution in [0.3, 0.4) is 0 Å². The van der Waals surface area contributed by atoms with Gasteiger partial charge in [0.05, 0.1) is 0 Å². The molecule has 2 aliphatic rings. The molecule has 2 aromatic carbocycles. The van der Waals surface area contributed by atoms with E-state index in [2.05, 4.69) is 16.0 Å². The minimum atomic E-state index is -1.79. The molecule has 2 fully saturated rings. The van der Waals surface area contributed by atoms with E-state index in [1.165, 1.54) is 0 Å². The van der Waals surface area contributed by atoms with Crippen molar-refractivity contribution >= 4 is 23.8 Å². The second kappa shape index (κ2) is 11.5. The van der Waals surface area contributed by atoms with Crippen molar-refractivity contribution in [3.63, 3.8) is 0 Å². The molecule has 196 valence electrons. The summed E-state index contributed by atoms with van der Waals surface area (Å²) >= 11 is 0. The Bertz CT molecular complexity index is 1120. The van der Waals surface area contributed by atoms with Crippen LogP contribution < -0.4 is 25.4 Å². The monoisotopic (exact) mass is 507 g/mol. The zero-order valence-electron chi connectivity index (χ0n) is 21.2. The summed E-state index contributed by atoms with van der Waals surface area (Å²) in [4.78, 5) is 49.5. The van der Waals surface area contributed by atoms with E-state index in [-0.39, 0.29) is 17.7 Å². The molecule has 1 saturated heterocycles. The molecule has 0 aromatic heterocycles. The number of ether oxygens (including phenoxy) is 2. The fraction of sp³-hybridized carbons (Fsp3) is 0.429. The lowest BCUT2D eigenvalue weighted by molar-refractivity contribution is -0.158. The van der Waals surface area contributed by atoms with Crippen molar-refractivity contribution in [1.82, 2.24) is 16.0 Å². The third-order valence-electron chi connectivity index (χ3n) is 7.10. The van der Waals surface area contributed by atoms with Gasteiger partial charge in [-0.1, -0.05) is 45.2 Å². The van der Waals surface area contributed by atoms with E-state index in [1.54, 1.807) is 24.3 Å². The molecule has 3 N–H and O–H groups in total. The molecule has 5 amide bonds. The highest BCUT2D eigenvalue weighted by molar-refractivity contribution is 6.22. The van der Waals surface area contributed by atoms with Crippen LogP contribution in [0.4, 0.5) is 4.79 Å². The van der Waals surface area contributed by atoms with Gasteiger partial charge in [0.1, 0.15) is 17.2 Å². The van der Waals surface area contributed by atoms with Gasteiger partial charge in [-0.15, -0.1) is 0 Å². The number of hydrogen-bond acceptors (Lipinski definition) is 6. The molecule has 1 saturated carbocycles. The van der Waals surface area contributed by atoms with Crippen molar-refractivity contribution in [2.45, 2.75) is 64.5 Å². The molecule has 9 heteroatoms. The number of imide groups is 2. The number of nitrogens with one attached hydrogen (secondary N) is 3. The molecule has 0 bridgehead atoms. The zero-order chi connectivity index (χ0) is 26.4. The Balaban J connectivity index is 1.42. The first-order valence-corrected chi connectivity index (χ1v) is 12.8. The molecule has 1 unspecified atom stereocenters. The Morgan fingerprint density at radius 3 is 2.03 bits per heavy atom. The van der Waals surface area contributed by atoms with Gasteiger partial charge >= 0.3 is 6.03 Å². The first kappa shape index (κ1) is 26.2. The Kier molecular flexibility index (Phi) is 8.11. The highest BCUT2D eigenvalue weighted by Crippen LogP contribution is 2.38. The zero-order valence-corrected chi connectivity index (χ0v) is 21.2. The normalized spacial score (nSPS) is 18.4. The van der Waals surface area contributed by atoms with Crippen LogP contribution in [-0.4, -0.2) is 29.4 Å². The second-order valence-electron chi connectivity index (χ2n) is 9.65. The molecule has 9 nitrogen and oxygen atoms in total. The van der Waals surface area contributed by atoms with Crippen molar-refractivity contribution < 1.29 is 28.7 Å². The molecule has 1 aliphatic carbocycles. The lowest BCUT2D eigenvalue weighted by Crippen LogP contribution is -2.72. The summed E-state index contributed by atoms with van der Waals surface area (Å²) in [7, 11) is 0. The van der Waals surface area contributed by atoms with Gasteiger partial charge in [0.15, 0.2) is 0 Å². The summed E-state index contributed by atoms with van der Waals surface area (Å²) in [5.74, 6) is -0.285. The molecule has 4 rings (SSSR count). The van der Waals surface area contributed by atoms with Crippen LogP contribution in [0.15, 0.2) is 48.5 Å². The van der Waals surface area contributed by atoms with Gasteiger partial charge in [0.2, 0.25) is 5.91 Å². The third kappa shape index (κ3) is 5.93. The number of amides is 5. The number of benzene rings is 2. The molecular weight excluding hydrogens is 474 g/mol. The van der Waals surface area contributed by atoms with Crippen molar-refractivity contribution in [1.29, 1.82) is 0 Å². The van der Waals surface area contributed by atoms with Crippen LogP contribution in [0.2, 0.25) is 0 Å². The topological polar surface area (TPSA) is 123 Å². The van der Waals surface area contributed by atoms with Crippen molar-refractivity contribution in [2.24, 2.45) is 11.8 Å². The van der Waals surface area contributed by atoms with Crippen LogP contribution in [0.5, 0.6) is 17.2 Å². The maximum atomic E-state index is 12.9. The smallest absolute Gasteiger partial charge is 0.328 e. The van der Waals surface area contributed by atoms with Gasteiger partial charge in [0.25, 0.3) is 17.4 Å². The van der Waals surface area contributed by atoms with Gasteiger partial charge in [0, 0.05) is 18.4 Å². The summed E-state index contributed by atoms with van der Waals surface area (Å²) in [5, 5.41) is 7.34. The summed E-state index contributed by atoms with van der Waals surface area (Å²) in [5.41, 5.74) is -0.833. The second-order valence-corrected chi connectivity index (χ2v) is 9.65. The summed E-state index contributed by atoms with van der Waals surface area (Å²) < 4.78 is 12.0. The van der Waals surface area contributed by atoms with Crippen LogP contribution in [0, 0.1) is 11.8 Å². The fourth-order valence-corrected chi connectivity index (χ4v) is 4.70. The van der Waals surface area contributed by atoms with E-state index in [0.717, 1.165) is 31.2 Å². The number of barbiturate groups is 1. The third-order valence-corrected chi connectivity index (χ3v) is 7.10. The van der Waals surface area contributed by atoms with Gasteiger partial charge < -0.3 is 14.8 Å². The summed E-state index contributed by atoms with van der Waals surface area (Å²) in [6.07, 6.45) is 4.93. The Morgan fingerprint density at radius 1 is 0.919 bits per heavy atom. The lowest BCUT2D eigenvalue weighted by Gasteiger charge is -2.41. The maximum absolute atomic E-state index is 12.9. The first-order chi connectivity index (χ1) is 17.8. The summed E-state index contributed by atoms with van der Waals surface area (Å²) in [6.45, 7) is 4.33. The minimum Gasteiger partial charge on any atom is -0.467 e. The van der Waals surface area contributed by atoms with Gasteiger partial charge in [-0.25, -0.2) is 4.79 Å². The van der Waals surface area contributed by atoms with Crippen LogP contribution >= 0.6 is 0 Å². The van der Waals surface area contributed by atoms with E-state index in [0.29, 0.717) is 36.6 Å². The quantitative estimate of drug-likeness (QED) is 0.437. The SMILES string of the molecule is CCC(C)C(=O)NCc1ccc(Oc2ccc(OC3(C4CCCCC4)C(=O)NC(=O)NC3=O)cc2)cc1. The molecule has 1 atom stereocenters. The number of rotatable bonds is 9. The summed E-state index contributed by atoms with van der Waals surface area (Å²) in [6, 6.07) is 13.2. The lowest BCUT2D eigenvalue weighted by atomic mass is 9.75. The van der Waals surface area contributed by atoms with Crippen LogP contribution in [0.1, 0.15) is 57.9 Å². The number of carbonyl (C=O) groups excluding carboxylic acids is 4. The molecule has 37 heavy (non-hydrogen) atoms. The van der Waals surface area contributed by atoms with Crippen molar-refractivity contribution in [3.05, 3.63) is 54.1 Å². The van der Waals surface area contributed by atoms with E-state index in [9.17, 15) is 19.2 Å². The molecule has 1 heterocycles. The van der Waals surface area contributed by atoms with Crippen LogP contribution in [0.25, 0.3) is 0 Å². The predicted octanol–water partition coefficient (Wildman–Crippen LogP) is 4.21. The van der Waals surface area contributed by atoms with E-state index in [1.807, 2.05) is 38.1 Å². The van der Waals surface area contributed by atoms with Gasteiger partial charge in [-0.05, 0) is 61.2 Å². The van der Waals surface area contributed by atoms with Crippen LogP contribution in [-0.2, 0) is 20.9 Å². The maximum Gasteiger partial charge on any atom is 0.328 e. The van der Waals surface area contributed by atoms with E-state index in [4.69, 9.17) is 9.47 Å². The van der Waals surface area contributed by atoms with Crippen molar-refractivity contribution in [2.75, 3.05) is 0 Å². The highest BCUT2D eigenvalue weighted by atomic mass is 16.5. The molecular formula is C28H33N3O6. The van der Waals surface area contributed by atoms with E-state index >= 15 is 0 Å². The van der Waals surface area contributed by atoms with E-state index < -0.39 is 23.4 Å². The average Bonchev–Trinajstić information content (AvgIpc) is 2.91. The average molecular weight is 508 g/mol.